The maximum Gasteiger partial charge on any atom is 0.258 e. The molecule has 31 heavy (non-hydrogen) atoms. The highest BCUT2D eigenvalue weighted by molar-refractivity contribution is 6.39. The molecule has 6 nitrogen and oxygen atoms in total. The number of imide groups is 2. The van der Waals surface area contributed by atoms with Crippen LogP contribution in [-0.4, -0.2) is 24.1 Å². The summed E-state index contributed by atoms with van der Waals surface area (Å²) in [5.41, 5.74) is 2.29. The second-order valence-electron chi connectivity index (χ2n) is 7.79. The maximum absolute atomic E-state index is 12.6. The van der Waals surface area contributed by atoms with E-state index in [1.807, 2.05) is 37.3 Å². The van der Waals surface area contributed by atoms with Gasteiger partial charge in [-0.2, -0.15) is 0 Å². The van der Waals surface area contributed by atoms with Gasteiger partial charge in [0.1, 0.15) is 0 Å². The first-order valence-electron chi connectivity index (χ1n) is 9.78. The van der Waals surface area contributed by atoms with Crippen molar-refractivity contribution in [1.29, 1.82) is 0 Å². The van der Waals surface area contributed by atoms with Crippen LogP contribution in [0.5, 0.6) is 0 Å². The van der Waals surface area contributed by atoms with E-state index >= 15 is 0 Å². The van der Waals surface area contributed by atoms with E-state index < -0.39 is 17.7 Å². The van der Waals surface area contributed by atoms with Crippen LogP contribution in [0.15, 0.2) is 48.5 Å². The normalized spacial score (nSPS) is 13.3. The Morgan fingerprint density at radius 2 is 1.26 bits per heavy atom. The average Bonchev–Trinajstić information content (AvgIpc) is 2.77. The van der Waals surface area contributed by atoms with Gasteiger partial charge in [-0.1, -0.05) is 30.3 Å². The van der Waals surface area contributed by atoms with E-state index in [-0.39, 0.29) is 0 Å². The lowest BCUT2D eigenvalue weighted by Gasteiger charge is -2.22. The molecule has 0 saturated heterocycles. The first-order chi connectivity index (χ1) is 15.0. The summed E-state index contributed by atoms with van der Waals surface area (Å²) < 4.78 is 0. The predicted octanol–water partition coefficient (Wildman–Crippen LogP) is 3.82. The van der Waals surface area contributed by atoms with Crippen molar-refractivity contribution < 1.29 is 19.2 Å². The molecule has 0 bridgehead atoms. The van der Waals surface area contributed by atoms with Crippen molar-refractivity contribution >= 4 is 67.2 Å². The average molecular weight is 406 g/mol. The Morgan fingerprint density at radius 3 is 1.84 bits per heavy atom. The number of nitrogens with one attached hydrogen (secondary N) is 2. The summed E-state index contributed by atoms with van der Waals surface area (Å²) in [5.74, 6) is -1.26. The zero-order chi connectivity index (χ0) is 21.4. The molecule has 0 aliphatic carbocycles. The standard InChI is InChI=1S/C25H14N2O4/c1-11-2-3-12-14-5-8-17-22-18(25(31)27-24(17)30)9-6-15(21(14)22)13-4-7-16(19(11)20(12)13)23(29)26-10-28/h2-10H,1H3,(H,26,28,29)(H,27,30,31). The largest absolute Gasteiger partial charge is 0.295 e. The summed E-state index contributed by atoms with van der Waals surface area (Å²) in [6.07, 6.45) is 0.382. The van der Waals surface area contributed by atoms with Gasteiger partial charge in [0.05, 0.1) is 0 Å². The second-order valence-corrected chi connectivity index (χ2v) is 7.79. The molecule has 0 spiro atoms. The lowest BCUT2D eigenvalue weighted by atomic mass is 9.83. The van der Waals surface area contributed by atoms with E-state index in [1.54, 1.807) is 18.2 Å². The number of amides is 4. The van der Waals surface area contributed by atoms with Gasteiger partial charge in [-0.25, -0.2) is 0 Å². The van der Waals surface area contributed by atoms with Crippen LogP contribution in [0.2, 0.25) is 0 Å². The number of rotatable bonds is 2. The molecule has 5 aromatic carbocycles. The molecular weight excluding hydrogens is 392 g/mol. The van der Waals surface area contributed by atoms with E-state index in [0.29, 0.717) is 28.5 Å². The van der Waals surface area contributed by atoms with E-state index in [4.69, 9.17) is 0 Å². The van der Waals surface area contributed by atoms with Crippen LogP contribution < -0.4 is 10.6 Å². The third-order valence-electron chi connectivity index (χ3n) is 6.26. The van der Waals surface area contributed by atoms with Gasteiger partial charge in [0.25, 0.3) is 17.7 Å². The number of hydrogen-bond acceptors (Lipinski definition) is 4. The Bertz CT molecular complexity index is 1600. The number of carbonyl (C=O) groups excluding carboxylic acids is 4. The molecule has 1 heterocycles. The molecule has 0 radical (unpaired) electrons. The fourth-order valence-corrected chi connectivity index (χ4v) is 5.00. The Kier molecular flexibility index (Phi) is 3.31. The topological polar surface area (TPSA) is 92.3 Å². The molecule has 4 amide bonds. The third kappa shape index (κ3) is 2.11. The first kappa shape index (κ1) is 17.5. The molecule has 5 aromatic rings. The van der Waals surface area contributed by atoms with Gasteiger partial charge < -0.3 is 0 Å². The lowest BCUT2D eigenvalue weighted by Crippen LogP contribution is -2.34. The van der Waals surface area contributed by atoms with E-state index in [0.717, 1.165) is 43.3 Å². The SMILES string of the molecule is Cc1ccc2c3ccc4c5c(ccc(c6ccc(C(=O)NC=O)c1c26)c53)C(=O)NC4=O. The number of fused-ring (bicyclic) bond motifs is 2. The highest BCUT2D eigenvalue weighted by Crippen LogP contribution is 2.44. The number of hydrogen-bond donors (Lipinski definition) is 2. The van der Waals surface area contributed by atoms with Crippen LogP contribution in [0, 0.1) is 6.92 Å². The smallest absolute Gasteiger partial charge is 0.258 e. The number of aryl methyl sites for hydroxylation is 1. The Morgan fingerprint density at radius 1 is 0.742 bits per heavy atom. The molecule has 1 aliphatic heterocycles. The van der Waals surface area contributed by atoms with E-state index in [1.165, 1.54) is 0 Å². The minimum atomic E-state index is -0.458. The van der Waals surface area contributed by atoms with Gasteiger partial charge in [0, 0.05) is 22.1 Å². The highest BCUT2D eigenvalue weighted by atomic mass is 16.2. The number of benzene rings is 5. The molecular formula is C25H14N2O4. The maximum atomic E-state index is 12.6. The minimum absolute atomic E-state index is 0.382. The van der Waals surface area contributed by atoms with Crippen molar-refractivity contribution in [3.8, 4) is 0 Å². The summed E-state index contributed by atoms with van der Waals surface area (Å²) in [7, 11) is 0. The van der Waals surface area contributed by atoms with Crippen LogP contribution >= 0.6 is 0 Å². The second kappa shape index (κ2) is 5.86. The summed E-state index contributed by atoms with van der Waals surface area (Å²) in [6, 6.07) is 14.8. The summed E-state index contributed by atoms with van der Waals surface area (Å²) in [4.78, 5) is 48.4. The lowest BCUT2D eigenvalue weighted by molar-refractivity contribution is -0.108. The van der Waals surface area contributed by atoms with Crippen molar-refractivity contribution in [3.63, 3.8) is 0 Å². The van der Waals surface area contributed by atoms with E-state index in [2.05, 4.69) is 10.6 Å². The Labute approximate surface area is 175 Å². The van der Waals surface area contributed by atoms with Crippen molar-refractivity contribution in [2.24, 2.45) is 0 Å². The van der Waals surface area contributed by atoms with Crippen molar-refractivity contribution in [3.05, 3.63) is 70.8 Å². The van der Waals surface area contributed by atoms with Crippen LogP contribution in [-0.2, 0) is 4.79 Å². The summed E-state index contributed by atoms with van der Waals surface area (Å²) in [5, 5.41) is 11.5. The molecule has 6 rings (SSSR count). The van der Waals surface area contributed by atoms with Crippen molar-refractivity contribution in [1.82, 2.24) is 10.6 Å². The molecule has 148 valence electrons. The first-order valence-corrected chi connectivity index (χ1v) is 9.78. The van der Waals surface area contributed by atoms with Gasteiger partial charge in [0.2, 0.25) is 6.41 Å². The monoisotopic (exact) mass is 406 g/mol. The van der Waals surface area contributed by atoms with Crippen molar-refractivity contribution in [2.45, 2.75) is 6.92 Å². The summed E-state index contributed by atoms with van der Waals surface area (Å²) in [6.45, 7) is 1.93. The molecule has 0 atom stereocenters. The zero-order valence-electron chi connectivity index (χ0n) is 16.3. The summed E-state index contributed by atoms with van der Waals surface area (Å²) >= 11 is 0. The molecule has 0 unspecified atom stereocenters. The Hall–Kier alpha value is -4.32. The molecule has 0 saturated carbocycles. The van der Waals surface area contributed by atoms with Gasteiger partial charge in [-0.3, -0.25) is 29.8 Å². The minimum Gasteiger partial charge on any atom is -0.295 e. The fraction of sp³-hybridized carbons (Fsp3) is 0.0400. The zero-order valence-corrected chi connectivity index (χ0v) is 16.3. The van der Waals surface area contributed by atoms with Crippen LogP contribution in [0.3, 0.4) is 0 Å². The molecule has 2 N–H and O–H groups in total. The van der Waals surface area contributed by atoms with Crippen LogP contribution in [0.4, 0.5) is 0 Å². The van der Waals surface area contributed by atoms with E-state index in [9.17, 15) is 19.2 Å². The van der Waals surface area contributed by atoms with Gasteiger partial charge in [0.15, 0.2) is 0 Å². The van der Waals surface area contributed by atoms with Gasteiger partial charge in [-0.15, -0.1) is 0 Å². The fourth-order valence-electron chi connectivity index (χ4n) is 5.00. The van der Waals surface area contributed by atoms with Crippen LogP contribution in [0.25, 0.3) is 43.1 Å². The molecule has 1 aliphatic rings. The van der Waals surface area contributed by atoms with Gasteiger partial charge in [-0.05, 0) is 68.4 Å². The molecule has 0 fully saturated rings. The highest BCUT2D eigenvalue weighted by Gasteiger charge is 2.28. The number of carbonyl (C=O) groups is 4. The third-order valence-corrected chi connectivity index (χ3v) is 6.26. The molecule has 0 aromatic heterocycles. The Balaban J connectivity index is 1.89. The molecule has 6 heteroatoms. The van der Waals surface area contributed by atoms with Crippen molar-refractivity contribution in [2.75, 3.05) is 0 Å². The predicted molar refractivity (Wildman–Crippen MR) is 118 cm³/mol. The quantitative estimate of drug-likeness (QED) is 0.202. The van der Waals surface area contributed by atoms with Gasteiger partial charge >= 0.3 is 0 Å². The van der Waals surface area contributed by atoms with Crippen LogP contribution in [0.1, 0.15) is 36.6 Å².